The van der Waals surface area contributed by atoms with Gasteiger partial charge in [-0.05, 0) is 19.1 Å². The van der Waals surface area contributed by atoms with Crippen molar-refractivity contribution in [3.8, 4) is 0 Å². The summed E-state index contributed by atoms with van der Waals surface area (Å²) in [5.41, 5.74) is 0.220. The Labute approximate surface area is 127 Å². The van der Waals surface area contributed by atoms with E-state index in [1.165, 1.54) is 13.0 Å². The zero-order chi connectivity index (χ0) is 16.3. The largest absolute Gasteiger partial charge is 0.340 e. The van der Waals surface area contributed by atoms with Gasteiger partial charge in [0.25, 0.3) is 0 Å². The van der Waals surface area contributed by atoms with Gasteiger partial charge in [-0.15, -0.1) is 0 Å². The van der Waals surface area contributed by atoms with Gasteiger partial charge in [-0.3, -0.25) is 14.5 Å². The average molecular weight is 311 g/mol. The average Bonchev–Trinajstić information content (AvgIpc) is 2.50. The zero-order valence-electron chi connectivity index (χ0n) is 12.6. The lowest BCUT2D eigenvalue weighted by atomic mass is 10.2. The van der Waals surface area contributed by atoms with Crippen LogP contribution in [-0.2, 0) is 9.59 Å². The lowest BCUT2D eigenvalue weighted by Crippen LogP contribution is -2.53. The monoisotopic (exact) mass is 311 g/mol. The molecule has 1 saturated heterocycles. The molecule has 0 spiro atoms. The number of halogens is 2. The molecule has 7 heteroatoms. The number of amides is 2. The zero-order valence-corrected chi connectivity index (χ0v) is 12.6. The van der Waals surface area contributed by atoms with Crippen LogP contribution in [0.5, 0.6) is 0 Å². The molecule has 2 rings (SSSR count). The Morgan fingerprint density at radius 3 is 2.32 bits per heavy atom. The minimum atomic E-state index is -1.000. The number of anilines is 1. The Hall–Kier alpha value is -2.02. The van der Waals surface area contributed by atoms with Gasteiger partial charge in [0.2, 0.25) is 11.8 Å². The highest BCUT2D eigenvalue weighted by Crippen LogP contribution is 2.14. The summed E-state index contributed by atoms with van der Waals surface area (Å²) in [6, 6.07) is 2.83. The van der Waals surface area contributed by atoms with Crippen LogP contribution in [-0.4, -0.2) is 53.8 Å². The maximum Gasteiger partial charge on any atom is 0.241 e. The van der Waals surface area contributed by atoms with Gasteiger partial charge in [0, 0.05) is 44.9 Å². The van der Waals surface area contributed by atoms with Crippen LogP contribution in [0.1, 0.15) is 13.8 Å². The van der Waals surface area contributed by atoms with Crippen molar-refractivity contribution < 1.29 is 18.4 Å². The van der Waals surface area contributed by atoms with Crippen molar-refractivity contribution in [3.05, 3.63) is 29.8 Å². The van der Waals surface area contributed by atoms with Crippen LogP contribution in [0.15, 0.2) is 18.2 Å². The summed E-state index contributed by atoms with van der Waals surface area (Å²) in [7, 11) is 0. The van der Waals surface area contributed by atoms with Crippen molar-refractivity contribution in [2.24, 2.45) is 0 Å². The predicted octanol–water partition coefficient (Wildman–Crippen LogP) is 1.46. The fourth-order valence-corrected chi connectivity index (χ4v) is 2.41. The van der Waals surface area contributed by atoms with Gasteiger partial charge in [-0.25, -0.2) is 8.78 Å². The van der Waals surface area contributed by atoms with Crippen LogP contribution < -0.4 is 5.32 Å². The maximum absolute atomic E-state index is 13.1. The topological polar surface area (TPSA) is 52.7 Å². The highest BCUT2D eigenvalue weighted by molar-refractivity contribution is 5.94. The van der Waals surface area contributed by atoms with Crippen LogP contribution in [0.3, 0.4) is 0 Å². The summed E-state index contributed by atoms with van der Waals surface area (Å²) >= 11 is 0. The second-order valence-corrected chi connectivity index (χ2v) is 5.34. The summed E-state index contributed by atoms with van der Waals surface area (Å²) in [6.45, 7) is 5.64. The SMILES string of the molecule is CC(=O)N1CCN([C@@H](C)C(=O)Nc2ccc(F)c(F)c2)CC1. The molecule has 2 amide bonds. The van der Waals surface area contributed by atoms with Crippen molar-refractivity contribution in [2.75, 3.05) is 31.5 Å². The molecule has 0 saturated carbocycles. The molecule has 0 radical (unpaired) electrons. The van der Waals surface area contributed by atoms with E-state index < -0.39 is 17.7 Å². The third-order valence-corrected chi connectivity index (χ3v) is 3.87. The van der Waals surface area contributed by atoms with Gasteiger partial charge in [-0.1, -0.05) is 0 Å². The Kier molecular flexibility index (Phi) is 5.07. The molecular formula is C15H19F2N3O2. The minimum absolute atomic E-state index is 0.0264. The first kappa shape index (κ1) is 16.4. The van der Waals surface area contributed by atoms with Crippen molar-refractivity contribution in [1.29, 1.82) is 0 Å². The van der Waals surface area contributed by atoms with Gasteiger partial charge >= 0.3 is 0 Å². The number of nitrogens with zero attached hydrogens (tertiary/aromatic N) is 2. The summed E-state index contributed by atoms with van der Waals surface area (Å²) in [6.07, 6.45) is 0. The van der Waals surface area contributed by atoms with E-state index in [1.807, 2.05) is 4.90 Å². The molecule has 1 heterocycles. The van der Waals surface area contributed by atoms with Gasteiger partial charge in [0.1, 0.15) is 0 Å². The van der Waals surface area contributed by atoms with Gasteiger partial charge < -0.3 is 10.2 Å². The lowest BCUT2D eigenvalue weighted by Gasteiger charge is -2.37. The first-order chi connectivity index (χ1) is 10.4. The summed E-state index contributed by atoms with van der Waals surface area (Å²) in [5, 5.41) is 2.57. The first-order valence-corrected chi connectivity index (χ1v) is 7.14. The van der Waals surface area contributed by atoms with Crippen molar-refractivity contribution in [1.82, 2.24) is 9.80 Å². The standard InChI is InChI=1S/C15H19F2N3O2/c1-10(19-5-7-20(8-6-19)11(2)21)15(22)18-12-3-4-13(16)14(17)9-12/h3-4,9-10H,5-8H2,1-2H3,(H,18,22)/t10-/m0/s1. The maximum atomic E-state index is 13.1. The van der Waals surface area contributed by atoms with Crippen molar-refractivity contribution in [2.45, 2.75) is 19.9 Å². The van der Waals surface area contributed by atoms with E-state index in [2.05, 4.69) is 5.32 Å². The predicted molar refractivity (Wildman–Crippen MR) is 78.3 cm³/mol. The Morgan fingerprint density at radius 2 is 1.77 bits per heavy atom. The van der Waals surface area contributed by atoms with E-state index in [-0.39, 0.29) is 17.5 Å². The molecule has 1 aromatic rings. The molecule has 1 atom stereocenters. The Morgan fingerprint density at radius 1 is 1.14 bits per heavy atom. The Bertz CT molecular complexity index is 572. The van der Waals surface area contributed by atoms with E-state index in [0.29, 0.717) is 26.2 Å². The quantitative estimate of drug-likeness (QED) is 0.919. The third kappa shape index (κ3) is 3.79. The number of hydrogen-bond donors (Lipinski definition) is 1. The number of piperazine rings is 1. The van der Waals surface area contributed by atoms with E-state index in [9.17, 15) is 18.4 Å². The highest BCUT2D eigenvalue weighted by atomic mass is 19.2. The van der Waals surface area contributed by atoms with Gasteiger partial charge in [0.05, 0.1) is 6.04 Å². The fourth-order valence-electron chi connectivity index (χ4n) is 2.41. The van der Waals surface area contributed by atoms with Crippen LogP contribution in [0.25, 0.3) is 0 Å². The molecule has 0 unspecified atom stereocenters. The van der Waals surface area contributed by atoms with E-state index in [0.717, 1.165) is 12.1 Å². The molecule has 1 aromatic carbocycles. The van der Waals surface area contributed by atoms with Crippen LogP contribution in [0.2, 0.25) is 0 Å². The van der Waals surface area contributed by atoms with Crippen LogP contribution in [0, 0.1) is 11.6 Å². The number of hydrogen-bond acceptors (Lipinski definition) is 3. The minimum Gasteiger partial charge on any atom is -0.340 e. The highest BCUT2D eigenvalue weighted by Gasteiger charge is 2.26. The summed E-state index contributed by atoms with van der Waals surface area (Å²) in [4.78, 5) is 27.1. The molecular weight excluding hydrogens is 292 g/mol. The normalized spacial score (nSPS) is 17.2. The lowest BCUT2D eigenvalue weighted by molar-refractivity contribution is -0.131. The van der Waals surface area contributed by atoms with Crippen LogP contribution >= 0.6 is 0 Å². The molecule has 1 N–H and O–H groups in total. The fraction of sp³-hybridized carbons (Fsp3) is 0.467. The van der Waals surface area contributed by atoms with Crippen LogP contribution in [0.4, 0.5) is 14.5 Å². The molecule has 0 aromatic heterocycles. The first-order valence-electron chi connectivity index (χ1n) is 7.14. The molecule has 1 aliphatic rings. The number of carbonyl (C=O) groups excluding carboxylic acids is 2. The Balaban J connectivity index is 1.92. The number of carbonyl (C=O) groups is 2. The summed E-state index contributed by atoms with van der Waals surface area (Å²) in [5.74, 6) is -2.22. The molecule has 120 valence electrons. The number of rotatable bonds is 3. The third-order valence-electron chi connectivity index (χ3n) is 3.87. The molecule has 22 heavy (non-hydrogen) atoms. The smallest absolute Gasteiger partial charge is 0.241 e. The van der Waals surface area contributed by atoms with E-state index in [1.54, 1.807) is 11.8 Å². The number of benzene rings is 1. The van der Waals surface area contributed by atoms with Gasteiger partial charge in [0.15, 0.2) is 11.6 Å². The van der Waals surface area contributed by atoms with Crippen molar-refractivity contribution >= 4 is 17.5 Å². The molecule has 0 bridgehead atoms. The molecule has 1 fully saturated rings. The molecule has 1 aliphatic heterocycles. The molecule has 5 nitrogen and oxygen atoms in total. The molecule has 0 aliphatic carbocycles. The van der Waals surface area contributed by atoms with E-state index in [4.69, 9.17) is 0 Å². The van der Waals surface area contributed by atoms with Crippen molar-refractivity contribution in [3.63, 3.8) is 0 Å². The van der Waals surface area contributed by atoms with Gasteiger partial charge in [-0.2, -0.15) is 0 Å². The second-order valence-electron chi connectivity index (χ2n) is 5.34. The second kappa shape index (κ2) is 6.83. The number of nitrogens with one attached hydrogen (secondary N) is 1. The summed E-state index contributed by atoms with van der Waals surface area (Å²) < 4.78 is 26.0. The van der Waals surface area contributed by atoms with E-state index >= 15 is 0 Å².